The van der Waals surface area contributed by atoms with Crippen molar-refractivity contribution in [2.75, 3.05) is 5.32 Å². The number of nitrogens with zero attached hydrogens (tertiary/aromatic N) is 3. The van der Waals surface area contributed by atoms with Crippen molar-refractivity contribution in [1.82, 2.24) is 19.9 Å². The minimum absolute atomic E-state index is 0.299. The van der Waals surface area contributed by atoms with Gasteiger partial charge in [0.15, 0.2) is 5.65 Å². The second-order valence-electron chi connectivity index (χ2n) is 5.25. The molecule has 0 bridgehead atoms. The van der Waals surface area contributed by atoms with Gasteiger partial charge in [0.25, 0.3) is 5.91 Å². The van der Waals surface area contributed by atoms with E-state index in [0.717, 1.165) is 10.2 Å². The first-order chi connectivity index (χ1) is 12.0. The zero-order valence-corrected chi connectivity index (χ0v) is 14.9. The standard InChI is InChI=1S/C17H15BrN6O/c1-11(19)9-15(22-14-6-3-2-5-13(14)18)23-17(25)12-10-21-24-8-4-7-20-16(12)24/h2-10,19,22H,1H3,(H,23,25)/b15-9+,19-11?. The highest BCUT2D eigenvalue weighted by atomic mass is 79.9. The number of anilines is 1. The molecule has 126 valence electrons. The molecule has 2 heterocycles. The van der Waals surface area contributed by atoms with Crippen LogP contribution in [-0.4, -0.2) is 26.2 Å². The van der Waals surface area contributed by atoms with Gasteiger partial charge >= 0.3 is 0 Å². The molecule has 7 nitrogen and oxygen atoms in total. The number of para-hydroxylation sites is 1. The Morgan fingerprint density at radius 3 is 2.88 bits per heavy atom. The number of halogens is 1. The van der Waals surface area contributed by atoms with Crippen molar-refractivity contribution in [1.29, 1.82) is 5.41 Å². The number of carbonyl (C=O) groups is 1. The molecule has 0 saturated carbocycles. The largest absolute Gasteiger partial charge is 0.341 e. The van der Waals surface area contributed by atoms with Crippen LogP contribution in [0.2, 0.25) is 0 Å². The maximum absolute atomic E-state index is 12.6. The monoisotopic (exact) mass is 398 g/mol. The Morgan fingerprint density at radius 2 is 2.12 bits per heavy atom. The molecular formula is C17H15BrN6O. The van der Waals surface area contributed by atoms with Crippen molar-refractivity contribution in [3.05, 3.63) is 70.9 Å². The molecule has 3 aromatic rings. The summed E-state index contributed by atoms with van der Waals surface area (Å²) in [5, 5.41) is 17.7. The molecule has 1 amide bonds. The Bertz CT molecular complexity index is 978. The molecule has 0 radical (unpaired) electrons. The fraction of sp³-hybridized carbons (Fsp3) is 0.0588. The molecule has 0 spiro atoms. The second-order valence-corrected chi connectivity index (χ2v) is 6.10. The number of rotatable bonds is 5. The van der Waals surface area contributed by atoms with E-state index < -0.39 is 0 Å². The van der Waals surface area contributed by atoms with Gasteiger partial charge in [-0.3, -0.25) is 4.79 Å². The summed E-state index contributed by atoms with van der Waals surface area (Å²) in [6.07, 6.45) is 6.32. The van der Waals surface area contributed by atoms with Gasteiger partial charge in [0.2, 0.25) is 0 Å². The first kappa shape index (κ1) is 16.8. The Labute approximate surface area is 152 Å². The highest BCUT2D eigenvalue weighted by molar-refractivity contribution is 9.10. The molecule has 3 rings (SSSR count). The molecule has 0 aliphatic carbocycles. The van der Waals surface area contributed by atoms with Gasteiger partial charge in [-0.1, -0.05) is 12.1 Å². The molecule has 2 aromatic heterocycles. The van der Waals surface area contributed by atoms with E-state index in [9.17, 15) is 4.79 Å². The molecule has 8 heteroatoms. The molecule has 3 N–H and O–H groups in total. The normalized spacial score (nSPS) is 11.4. The summed E-state index contributed by atoms with van der Waals surface area (Å²) in [4.78, 5) is 16.8. The summed E-state index contributed by atoms with van der Waals surface area (Å²) in [6, 6.07) is 9.25. The predicted octanol–water partition coefficient (Wildman–Crippen LogP) is 3.21. The topological polar surface area (TPSA) is 95.2 Å². The van der Waals surface area contributed by atoms with E-state index in [1.807, 2.05) is 24.3 Å². The van der Waals surface area contributed by atoms with Crippen LogP contribution in [0, 0.1) is 5.41 Å². The summed E-state index contributed by atoms with van der Waals surface area (Å²) in [7, 11) is 0. The van der Waals surface area contributed by atoms with E-state index in [2.05, 4.69) is 36.6 Å². The van der Waals surface area contributed by atoms with Gasteiger partial charge in [0.05, 0.1) is 11.9 Å². The fourth-order valence-corrected chi connectivity index (χ4v) is 2.59. The number of hydrogen-bond acceptors (Lipinski definition) is 5. The highest BCUT2D eigenvalue weighted by Crippen LogP contribution is 2.22. The van der Waals surface area contributed by atoms with Crippen LogP contribution in [0.5, 0.6) is 0 Å². The lowest BCUT2D eigenvalue weighted by atomic mass is 10.3. The van der Waals surface area contributed by atoms with Crippen LogP contribution in [0.4, 0.5) is 5.69 Å². The summed E-state index contributed by atoms with van der Waals surface area (Å²) >= 11 is 3.45. The van der Waals surface area contributed by atoms with Gasteiger partial charge in [0, 0.05) is 22.6 Å². The number of carbonyl (C=O) groups excluding carboxylic acids is 1. The Hall–Kier alpha value is -3.00. The van der Waals surface area contributed by atoms with Gasteiger partial charge in [-0.15, -0.1) is 0 Å². The second kappa shape index (κ2) is 7.27. The van der Waals surface area contributed by atoms with E-state index in [4.69, 9.17) is 5.41 Å². The predicted molar refractivity (Wildman–Crippen MR) is 99.7 cm³/mol. The number of hydrogen-bond donors (Lipinski definition) is 3. The van der Waals surface area contributed by atoms with Crippen molar-refractivity contribution in [3.8, 4) is 0 Å². The van der Waals surface area contributed by atoms with Crippen LogP contribution in [0.1, 0.15) is 17.3 Å². The minimum Gasteiger partial charge on any atom is -0.341 e. The lowest BCUT2D eigenvalue weighted by Crippen LogP contribution is -2.27. The van der Waals surface area contributed by atoms with Gasteiger partial charge < -0.3 is 16.0 Å². The summed E-state index contributed by atoms with van der Waals surface area (Å²) < 4.78 is 2.37. The molecule has 0 aliphatic rings. The van der Waals surface area contributed by atoms with E-state index in [1.54, 1.807) is 25.4 Å². The first-order valence-electron chi connectivity index (χ1n) is 7.42. The molecular weight excluding hydrogens is 384 g/mol. The first-order valence-corrected chi connectivity index (χ1v) is 8.22. The quantitative estimate of drug-likeness (QED) is 0.575. The van der Waals surface area contributed by atoms with Crippen LogP contribution in [0.3, 0.4) is 0 Å². The third-order valence-electron chi connectivity index (χ3n) is 3.28. The van der Waals surface area contributed by atoms with Gasteiger partial charge in [0.1, 0.15) is 11.4 Å². The van der Waals surface area contributed by atoms with Crippen molar-refractivity contribution < 1.29 is 4.79 Å². The number of nitrogens with one attached hydrogen (secondary N) is 3. The van der Waals surface area contributed by atoms with E-state index in [1.165, 1.54) is 16.8 Å². The van der Waals surface area contributed by atoms with E-state index >= 15 is 0 Å². The number of benzene rings is 1. The molecule has 1 aromatic carbocycles. The summed E-state index contributed by atoms with van der Waals surface area (Å²) in [5.74, 6) is 0.0282. The molecule has 0 atom stereocenters. The number of amides is 1. The smallest absolute Gasteiger partial charge is 0.262 e. The Balaban J connectivity index is 1.87. The van der Waals surface area contributed by atoms with Crippen LogP contribution < -0.4 is 10.6 Å². The van der Waals surface area contributed by atoms with Crippen molar-refractivity contribution in [3.63, 3.8) is 0 Å². The van der Waals surface area contributed by atoms with Crippen LogP contribution in [-0.2, 0) is 0 Å². The highest BCUT2D eigenvalue weighted by Gasteiger charge is 2.15. The number of aromatic nitrogens is 3. The van der Waals surface area contributed by atoms with Gasteiger partial charge in [-0.05, 0) is 47.1 Å². The summed E-state index contributed by atoms with van der Waals surface area (Å²) in [5.41, 5.74) is 1.89. The molecule has 25 heavy (non-hydrogen) atoms. The van der Waals surface area contributed by atoms with Crippen LogP contribution >= 0.6 is 15.9 Å². The average Bonchev–Trinajstić information content (AvgIpc) is 3.00. The Morgan fingerprint density at radius 1 is 1.32 bits per heavy atom. The molecule has 0 fully saturated rings. The van der Waals surface area contributed by atoms with Crippen LogP contribution in [0.15, 0.2) is 65.3 Å². The van der Waals surface area contributed by atoms with Crippen molar-refractivity contribution in [2.45, 2.75) is 6.92 Å². The molecule has 0 aliphatic heterocycles. The maximum Gasteiger partial charge on any atom is 0.262 e. The van der Waals surface area contributed by atoms with E-state index in [0.29, 0.717) is 22.7 Å². The lowest BCUT2D eigenvalue weighted by Gasteiger charge is -2.13. The van der Waals surface area contributed by atoms with Crippen molar-refractivity contribution in [2.24, 2.45) is 0 Å². The fourth-order valence-electron chi connectivity index (χ4n) is 2.20. The zero-order chi connectivity index (χ0) is 17.8. The molecule has 0 unspecified atom stereocenters. The summed E-state index contributed by atoms with van der Waals surface area (Å²) in [6.45, 7) is 1.63. The third-order valence-corrected chi connectivity index (χ3v) is 3.97. The zero-order valence-electron chi connectivity index (χ0n) is 13.3. The van der Waals surface area contributed by atoms with Gasteiger partial charge in [-0.2, -0.15) is 5.10 Å². The number of fused-ring (bicyclic) bond motifs is 1. The Kier molecular flexibility index (Phi) is 4.90. The average molecular weight is 399 g/mol. The number of allylic oxidation sites excluding steroid dienone is 1. The molecule has 0 saturated heterocycles. The van der Waals surface area contributed by atoms with Crippen LogP contribution in [0.25, 0.3) is 5.65 Å². The van der Waals surface area contributed by atoms with Gasteiger partial charge in [-0.25, -0.2) is 9.50 Å². The third kappa shape index (κ3) is 3.92. The SMILES string of the molecule is CC(=N)/C=C(/NC(=O)c1cnn2cccnc12)Nc1ccccc1Br. The maximum atomic E-state index is 12.6. The lowest BCUT2D eigenvalue weighted by molar-refractivity contribution is 0.0968. The van der Waals surface area contributed by atoms with E-state index in [-0.39, 0.29) is 5.91 Å². The minimum atomic E-state index is -0.360. The van der Waals surface area contributed by atoms with Crippen molar-refractivity contribution >= 4 is 38.9 Å².